The molecule has 0 aromatic carbocycles. The molecule has 3 heteroatoms. The molecule has 1 atom stereocenters. The van der Waals surface area contributed by atoms with Crippen molar-refractivity contribution in [3.8, 4) is 0 Å². The maximum Gasteiger partial charge on any atom is 0.0497 e. The molecule has 1 unspecified atom stereocenters. The number of pyridine rings is 1. The lowest BCUT2D eigenvalue weighted by molar-refractivity contribution is 0.0624. The second-order valence-corrected chi connectivity index (χ2v) is 5.19. The number of likely N-dealkylation sites (N-methyl/N-ethyl adjacent to an activating group) is 1. The third-order valence-corrected chi connectivity index (χ3v) is 4.49. The first-order chi connectivity index (χ1) is 9.05. The first kappa shape index (κ1) is 16.1. The van der Waals surface area contributed by atoms with Gasteiger partial charge in [-0.15, -0.1) is 0 Å². The Morgan fingerprint density at radius 2 is 1.74 bits per heavy atom. The highest BCUT2D eigenvalue weighted by Crippen LogP contribution is 2.35. The van der Waals surface area contributed by atoms with Crippen molar-refractivity contribution in [2.45, 2.75) is 59.0 Å². The first-order valence-corrected chi connectivity index (χ1v) is 7.48. The number of hydrogen-bond donors (Lipinski definition) is 1. The molecular weight excluding hydrogens is 234 g/mol. The molecule has 0 saturated heterocycles. The molecule has 0 bridgehead atoms. The number of nitrogens with two attached hydrogens (primary N) is 1. The summed E-state index contributed by atoms with van der Waals surface area (Å²) in [6, 6.07) is 4.18. The van der Waals surface area contributed by atoms with Gasteiger partial charge in [0.25, 0.3) is 0 Å². The van der Waals surface area contributed by atoms with Crippen LogP contribution in [-0.2, 0) is 0 Å². The van der Waals surface area contributed by atoms with Gasteiger partial charge >= 0.3 is 0 Å². The van der Waals surface area contributed by atoms with Crippen molar-refractivity contribution in [1.29, 1.82) is 0 Å². The van der Waals surface area contributed by atoms with E-state index in [1.807, 2.05) is 19.2 Å². The van der Waals surface area contributed by atoms with Gasteiger partial charge in [-0.05, 0) is 44.5 Å². The average molecular weight is 263 g/mol. The highest BCUT2D eigenvalue weighted by atomic mass is 15.2. The molecule has 0 aliphatic rings. The third kappa shape index (κ3) is 3.15. The summed E-state index contributed by atoms with van der Waals surface area (Å²) in [6.45, 7) is 13.0. The van der Waals surface area contributed by atoms with Crippen LogP contribution < -0.4 is 5.73 Å². The zero-order valence-electron chi connectivity index (χ0n) is 13.1. The zero-order chi connectivity index (χ0) is 14.5. The summed E-state index contributed by atoms with van der Waals surface area (Å²) in [5, 5.41) is 0. The van der Waals surface area contributed by atoms with E-state index in [1.165, 1.54) is 0 Å². The van der Waals surface area contributed by atoms with Crippen LogP contribution in [0.1, 0.15) is 57.8 Å². The predicted octanol–water partition coefficient (Wildman–Crippen LogP) is 3.29. The van der Waals surface area contributed by atoms with E-state index >= 15 is 0 Å². The second kappa shape index (κ2) is 7.01. The average Bonchev–Trinajstić information content (AvgIpc) is 2.45. The molecule has 1 heterocycles. The van der Waals surface area contributed by atoms with Crippen LogP contribution in [0.2, 0.25) is 0 Å². The van der Waals surface area contributed by atoms with Crippen molar-refractivity contribution in [3.05, 3.63) is 29.6 Å². The van der Waals surface area contributed by atoms with Gasteiger partial charge in [-0.1, -0.05) is 33.8 Å². The molecule has 1 rings (SSSR count). The maximum absolute atomic E-state index is 6.62. The van der Waals surface area contributed by atoms with E-state index in [1.54, 1.807) is 0 Å². The Morgan fingerprint density at radius 1 is 1.16 bits per heavy atom. The molecule has 1 aromatic rings. The molecule has 0 radical (unpaired) electrons. The van der Waals surface area contributed by atoms with Crippen LogP contribution in [0.15, 0.2) is 18.3 Å². The van der Waals surface area contributed by atoms with Gasteiger partial charge in [0.2, 0.25) is 0 Å². The monoisotopic (exact) mass is 263 g/mol. The highest BCUT2D eigenvalue weighted by molar-refractivity contribution is 5.21. The molecule has 0 amide bonds. The van der Waals surface area contributed by atoms with Crippen molar-refractivity contribution >= 4 is 0 Å². The Morgan fingerprint density at radius 3 is 2.11 bits per heavy atom. The minimum absolute atomic E-state index is 0.00972. The van der Waals surface area contributed by atoms with E-state index in [9.17, 15) is 0 Å². The van der Waals surface area contributed by atoms with Gasteiger partial charge in [-0.3, -0.25) is 9.88 Å². The Balaban J connectivity index is 3.13. The molecule has 1 aromatic heterocycles. The van der Waals surface area contributed by atoms with E-state index in [0.717, 1.165) is 37.2 Å². The lowest BCUT2D eigenvalue weighted by Crippen LogP contribution is -2.54. The molecule has 0 fully saturated rings. The summed E-state index contributed by atoms with van der Waals surface area (Å²) >= 11 is 0. The number of rotatable bonds is 7. The Hall–Kier alpha value is -0.930. The van der Waals surface area contributed by atoms with Gasteiger partial charge < -0.3 is 5.73 Å². The van der Waals surface area contributed by atoms with E-state index in [2.05, 4.69) is 43.6 Å². The summed E-state index contributed by atoms with van der Waals surface area (Å²) in [7, 11) is 0. The molecule has 0 saturated carbocycles. The number of aryl methyl sites for hydroxylation is 1. The molecular formula is C16H29N3. The van der Waals surface area contributed by atoms with Gasteiger partial charge in [0.05, 0.1) is 0 Å². The number of aromatic nitrogens is 1. The second-order valence-electron chi connectivity index (χ2n) is 5.19. The van der Waals surface area contributed by atoms with Crippen molar-refractivity contribution in [3.63, 3.8) is 0 Å². The van der Waals surface area contributed by atoms with Gasteiger partial charge in [-0.2, -0.15) is 0 Å². The van der Waals surface area contributed by atoms with Crippen LogP contribution in [0, 0.1) is 6.92 Å². The standard InChI is InChI=1S/C16H29N3/c1-6-16(7-2,19(8-3)9-4)15(17)14-11-10-13(5)18-12-14/h10-12,15H,6-9,17H2,1-5H3. The van der Waals surface area contributed by atoms with Crippen LogP contribution in [0.4, 0.5) is 0 Å². The number of nitrogens with zero attached hydrogens (tertiary/aromatic N) is 2. The minimum atomic E-state index is 0.00972. The van der Waals surface area contributed by atoms with E-state index in [0.29, 0.717) is 0 Å². The topological polar surface area (TPSA) is 42.1 Å². The lowest BCUT2D eigenvalue weighted by Gasteiger charge is -2.46. The summed E-state index contributed by atoms with van der Waals surface area (Å²) in [5.74, 6) is 0. The summed E-state index contributed by atoms with van der Waals surface area (Å²) in [4.78, 5) is 6.89. The minimum Gasteiger partial charge on any atom is -0.322 e. The fourth-order valence-electron chi connectivity index (χ4n) is 3.16. The Bertz CT molecular complexity index is 364. The molecule has 2 N–H and O–H groups in total. The molecule has 0 aliphatic heterocycles. The molecule has 19 heavy (non-hydrogen) atoms. The van der Waals surface area contributed by atoms with Crippen molar-refractivity contribution in [2.24, 2.45) is 5.73 Å². The highest BCUT2D eigenvalue weighted by Gasteiger charge is 2.38. The smallest absolute Gasteiger partial charge is 0.0497 e. The van der Waals surface area contributed by atoms with Gasteiger partial charge in [-0.25, -0.2) is 0 Å². The van der Waals surface area contributed by atoms with Crippen LogP contribution in [-0.4, -0.2) is 28.5 Å². The largest absolute Gasteiger partial charge is 0.322 e. The fourth-order valence-corrected chi connectivity index (χ4v) is 3.16. The van der Waals surface area contributed by atoms with Crippen molar-refractivity contribution < 1.29 is 0 Å². The normalized spacial score (nSPS) is 13.8. The van der Waals surface area contributed by atoms with Crippen molar-refractivity contribution in [2.75, 3.05) is 13.1 Å². The van der Waals surface area contributed by atoms with E-state index < -0.39 is 0 Å². The summed E-state index contributed by atoms with van der Waals surface area (Å²) in [6.07, 6.45) is 4.05. The van der Waals surface area contributed by atoms with Crippen LogP contribution in [0.3, 0.4) is 0 Å². The number of hydrogen-bond acceptors (Lipinski definition) is 3. The van der Waals surface area contributed by atoms with Crippen LogP contribution >= 0.6 is 0 Å². The first-order valence-electron chi connectivity index (χ1n) is 7.48. The SMILES string of the molecule is CCN(CC)C(CC)(CC)C(N)c1ccc(C)nc1. The van der Waals surface area contributed by atoms with Gasteiger partial charge in [0.15, 0.2) is 0 Å². The third-order valence-electron chi connectivity index (χ3n) is 4.49. The van der Waals surface area contributed by atoms with Crippen LogP contribution in [0.25, 0.3) is 0 Å². The quantitative estimate of drug-likeness (QED) is 0.821. The zero-order valence-corrected chi connectivity index (χ0v) is 13.1. The van der Waals surface area contributed by atoms with Gasteiger partial charge in [0, 0.05) is 23.5 Å². The van der Waals surface area contributed by atoms with Crippen LogP contribution in [0.5, 0.6) is 0 Å². The fraction of sp³-hybridized carbons (Fsp3) is 0.688. The summed E-state index contributed by atoms with van der Waals surface area (Å²) in [5.41, 5.74) is 8.82. The molecule has 0 spiro atoms. The molecule has 3 nitrogen and oxygen atoms in total. The maximum atomic E-state index is 6.62. The van der Waals surface area contributed by atoms with E-state index in [-0.39, 0.29) is 11.6 Å². The van der Waals surface area contributed by atoms with E-state index in [4.69, 9.17) is 5.73 Å². The summed E-state index contributed by atoms with van der Waals surface area (Å²) < 4.78 is 0. The predicted molar refractivity (Wildman–Crippen MR) is 82.1 cm³/mol. The molecule has 0 aliphatic carbocycles. The van der Waals surface area contributed by atoms with Crippen molar-refractivity contribution in [1.82, 2.24) is 9.88 Å². The Kier molecular flexibility index (Phi) is 5.95. The lowest BCUT2D eigenvalue weighted by atomic mass is 9.80. The Labute approximate surface area is 118 Å². The molecule has 108 valence electrons. The van der Waals surface area contributed by atoms with Gasteiger partial charge in [0.1, 0.15) is 0 Å².